The Kier molecular flexibility index (Phi) is 7.41. The van der Waals surface area contributed by atoms with E-state index in [9.17, 15) is 18.3 Å². The second kappa shape index (κ2) is 9.85. The number of sulfonamides is 1. The summed E-state index contributed by atoms with van der Waals surface area (Å²) in [5, 5.41) is 11.7. The van der Waals surface area contributed by atoms with Crippen molar-refractivity contribution >= 4 is 27.5 Å². The minimum absolute atomic E-state index is 0.0173. The Morgan fingerprint density at radius 1 is 1.26 bits per heavy atom. The summed E-state index contributed by atoms with van der Waals surface area (Å²) in [5.74, 6) is 0.0578. The number of hydrogen-bond donors (Lipinski definition) is 2. The first-order valence-corrected chi connectivity index (χ1v) is 12.1. The number of piperidine rings is 1. The van der Waals surface area contributed by atoms with Crippen LogP contribution in [0, 0.1) is 6.92 Å². The van der Waals surface area contributed by atoms with E-state index in [1.807, 2.05) is 37.3 Å². The highest BCUT2D eigenvalue weighted by molar-refractivity contribution is 7.92. The van der Waals surface area contributed by atoms with Gasteiger partial charge < -0.3 is 10.0 Å². The third-order valence-electron chi connectivity index (χ3n) is 5.54. The van der Waals surface area contributed by atoms with E-state index < -0.39 is 10.0 Å². The zero-order valence-electron chi connectivity index (χ0n) is 17.5. The smallest absolute Gasteiger partial charge is 0.233 e. The molecule has 0 saturated carbocycles. The topological polar surface area (TPSA) is 86.7 Å². The van der Waals surface area contributed by atoms with Crippen LogP contribution in [-0.4, -0.2) is 43.5 Å². The minimum atomic E-state index is -3.47. The number of benzene rings is 2. The number of nitrogens with one attached hydrogen (secondary N) is 1. The molecule has 6 nitrogen and oxygen atoms in total. The first kappa shape index (κ1) is 23.3. The average molecular weight is 463 g/mol. The van der Waals surface area contributed by atoms with Crippen LogP contribution in [0.25, 0.3) is 11.1 Å². The second-order valence-corrected chi connectivity index (χ2v) is 9.88. The molecule has 1 aliphatic rings. The molecule has 2 aromatic rings. The van der Waals surface area contributed by atoms with E-state index in [1.165, 1.54) is 6.07 Å². The van der Waals surface area contributed by atoms with Crippen molar-refractivity contribution in [3.05, 3.63) is 64.5 Å². The van der Waals surface area contributed by atoms with Crippen molar-refractivity contribution in [2.24, 2.45) is 0 Å². The Balaban J connectivity index is 1.61. The van der Waals surface area contributed by atoms with Crippen molar-refractivity contribution in [3.8, 4) is 16.9 Å². The van der Waals surface area contributed by atoms with Crippen LogP contribution in [0.3, 0.4) is 0 Å². The molecule has 0 radical (unpaired) electrons. The van der Waals surface area contributed by atoms with E-state index in [0.29, 0.717) is 42.9 Å². The number of nitrogens with zero attached hydrogens (tertiary/aromatic N) is 1. The highest BCUT2D eigenvalue weighted by atomic mass is 35.5. The number of carbonyl (C=O) groups excluding carboxylic acids is 1. The molecule has 1 saturated heterocycles. The summed E-state index contributed by atoms with van der Waals surface area (Å²) in [6.07, 6.45) is 1.76. The summed E-state index contributed by atoms with van der Waals surface area (Å²) in [6.45, 7) is 6.28. The van der Waals surface area contributed by atoms with Crippen LogP contribution in [0.5, 0.6) is 5.75 Å². The van der Waals surface area contributed by atoms with E-state index in [4.69, 9.17) is 11.6 Å². The molecule has 1 fully saturated rings. The van der Waals surface area contributed by atoms with Gasteiger partial charge in [0.15, 0.2) is 0 Å². The summed E-state index contributed by atoms with van der Waals surface area (Å²) >= 11 is 6.34. The van der Waals surface area contributed by atoms with E-state index in [-0.39, 0.29) is 24.1 Å². The van der Waals surface area contributed by atoms with Crippen LogP contribution < -0.4 is 4.72 Å². The van der Waals surface area contributed by atoms with Gasteiger partial charge >= 0.3 is 0 Å². The van der Waals surface area contributed by atoms with Crippen molar-refractivity contribution in [2.75, 3.05) is 13.1 Å². The number of phenolic OH excluding ortho intramolecular Hbond substituents is 1. The Hall–Kier alpha value is -2.35. The summed E-state index contributed by atoms with van der Waals surface area (Å²) in [7, 11) is -3.47. The van der Waals surface area contributed by atoms with Gasteiger partial charge in [-0.3, -0.25) is 4.79 Å². The van der Waals surface area contributed by atoms with Crippen molar-refractivity contribution in [1.29, 1.82) is 0 Å². The van der Waals surface area contributed by atoms with Crippen LogP contribution in [-0.2, 0) is 21.2 Å². The molecule has 0 unspecified atom stereocenters. The Labute approximate surface area is 188 Å². The van der Waals surface area contributed by atoms with Gasteiger partial charge in [-0.1, -0.05) is 48.0 Å². The number of halogens is 1. The number of likely N-dealkylation sites (tertiary alicyclic amines) is 1. The summed E-state index contributed by atoms with van der Waals surface area (Å²) in [5.41, 5.74) is 3.58. The molecule has 1 heterocycles. The van der Waals surface area contributed by atoms with Crippen LogP contribution in [0.15, 0.2) is 48.4 Å². The number of hydrogen-bond acceptors (Lipinski definition) is 4. The zero-order valence-corrected chi connectivity index (χ0v) is 19.0. The van der Waals surface area contributed by atoms with E-state index in [1.54, 1.807) is 4.90 Å². The Morgan fingerprint density at radius 3 is 2.52 bits per heavy atom. The number of phenols is 1. The molecule has 1 aliphatic heterocycles. The lowest BCUT2D eigenvalue weighted by atomic mass is 9.98. The third-order valence-corrected chi connectivity index (χ3v) is 6.95. The number of carbonyl (C=O) groups is 1. The lowest BCUT2D eigenvalue weighted by molar-refractivity contribution is -0.132. The molecule has 2 N–H and O–H groups in total. The molecule has 31 heavy (non-hydrogen) atoms. The van der Waals surface area contributed by atoms with Crippen LogP contribution in [0.4, 0.5) is 0 Å². The molecule has 0 spiro atoms. The quantitative estimate of drug-likeness (QED) is 0.650. The van der Waals surface area contributed by atoms with Gasteiger partial charge in [-0.05, 0) is 49.4 Å². The van der Waals surface area contributed by atoms with Gasteiger partial charge in [0.05, 0.1) is 5.02 Å². The van der Waals surface area contributed by atoms with Gasteiger partial charge in [0.25, 0.3) is 0 Å². The summed E-state index contributed by atoms with van der Waals surface area (Å²) in [6, 6.07) is 11.1. The lowest BCUT2D eigenvalue weighted by Gasteiger charge is -2.32. The normalized spacial score (nSPS) is 15.1. The molecule has 0 atom stereocenters. The van der Waals surface area contributed by atoms with Crippen molar-refractivity contribution in [2.45, 2.75) is 38.6 Å². The maximum Gasteiger partial charge on any atom is 0.233 e. The van der Waals surface area contributed by atoms with Gasteiger partial charge in [-0.25, -0.2) is 13.1 Å². The molecule has 3 rings (SSSR count). The fraction of sp³-hybridized carbons (Fsp3) is 0.348. The van der Waals surface area contributed by atoms with Crippen LogP contribution >= 0.6 is 11.6 Å². The molecule has 0 bridgehead atoms. The first-order valence-electron chi connectivity index (χ1n) is 10.2. The first-order chi connectivity index (χ1) is 14.7. The molecule has 166 valence electrons. The third kappa shape index (κ3) is 6.09. The standard InChI is InChI=1S/C23H27ClN2O4S/c1-3-31(29,30)25-19-10-12-26(13-11-19)23(28)9-8-18-14-20(21(24)15-22(18)27)17-6-4-16(2)5-7-17/h3-7,14-15,19,25,27H,1,8-13H2,2H3. The predicted octanol–water partition coefficient (Wildman–Crippen LogP) is 4.01. The SMILES string of the molecule is C=CS(=O)(=O)NC1CCN(C(=O)CCc2cc(-c3ccc(C)cc3)c(Cl)cc2O)CC1. The van der Waals surface area contributed by atoms with E-state index >= 15 is 0 Å². The fourth-order valence-corrected chi connectivity index (χ4v) is 4.75. The minimum Gasteiger partial charge on any atom is -0.508 e. The zero-order chi connectivity index (χ0) is 22.6. The molecule has 2 aromatic carbocycles. The fourth-order valence-electron chi connectivity index (χ4n) is 3.69. The number of aromatic hydroxyl groups is 1. The highest BCUT2D eigenvalue weighted by Gasteiger charge is 2.25. The summed E-state index contributed by atoms with van der Waals surface area (Å²) < 4.78 is 25.8. The van der Waals surface area contributed by atoms with Gasteiger partial charge in [-0.15, -0.1) is 0 Å². The molecular weight excluding hydrogens is 436 g/mol. The predicted molar refractivity (Wildman–Crippen MR) is 123 cm³/mol. The average Bonchev–Trinajstić information content (AvgIpc) is 2.74. The monoisotopic (exact) mass is 462 g/mol. The Bertz CT molecular complexity index is 1060. The second-order valence-electron chi connectivity index (χ2n) is 7.81. The van der Waals surface area contributed by atoms with Crippen molar-refractivity contribution < 1.29 is 18.3 Å². The lowest BCUT2D eigenvalue weighted by Crippen LogP contribution is -2.46. The number of amides is 1. The largest absolute Gasteiger partial charge is 0.508 e. The number of rotatable bonds is 7. The maximum absolute atomic E-state index is 12.7. The molecule has 1 amide bonds. The van der Waals surface area contributed by atoms with Gasteiger partial charge in [0.2, 0.25) is 15.9 Å². The van der Waals surface area contributed by atoms with Crippen LogP contribution in [0.1, 0.15) is 30.4 Å². The molecular formula is C23H27ClN2O4S. The van der Waals surface area contributed by atoms with Crippen molar-refractivity contribution in [1.82, 2.24) is 9.62 Å². The molecule has 8 heteroatoms. The van der Waals surface area contributed by atoms with Crippen molar-refractivity contribution in [3.63, 3.8) is 0 Å². The van der Waals surface area contributed by atoms with Gasteiger partial charge in [0.1, 0.15) is 5.75 Å². The van der Waals surface area contributed by atoms with E-state index in [0.717, 1.165) is 22.1 Å². The maximum atomic E-state index is 12.7. The van der Waals surface area contributed by atoms with E-state index in [2.05, 4.69) is 11.3 Å². The van der Waals surface area contributed by atoms with Gasteiger partial charge in [-0.2, -0.15) is 0 Å². The molecule has 0 aromatic heterocycles. The number of aryl methyl sites for hydroxylation is 2. The van der Waals surface area contributed by atoms with Crippen LogP contribution in [0.2, 0.25) is 5.02 Å². The highest BCUT2D eigenvalue weighted by Crippen LogP contribution is 2.34. The molecule has 0 aliphatic carbocycles. The van der Waals surface area contributed by atoms with Gasteiger partial charge in [0, 0.05) is 36.5 Å². The summed E-state index contributed by atoms with van der Waals surface area (Å²) in [4.78, 5) is 14.4. The Morgan fingerprint density at radius 2 is 1.90 bits per heavy atom.